The smallest absolute Gasteiger partial charge is 0.323 e. The lowest BCUT2D eigenvalue weighted by atomic mass is 10.4. The van der Waals surface area contributed by atoms with Crippen molar-refractivity contribution in [3.63, 3.8) is 0 Å². The Labute approximate surface area is 59.0 Å². The molecule has 0 saturated carbocycles. The second kappa shape index (κ2) is 4.51. The largest absolute Gasteiger partial charge is 0.480 e. The zero-order chi connectivity index (χ0) is 6.73. The lowest BCUT2D eigenvalue weighted by Crippen LogP contribution is -2.48. The van der Waals surface area contributed by atoms with E-state index < -0.39 is 12.0 Å². The van der Waals surface area contributed by atoms with Crippen LogP contribution in [0.2, 0.25) is 0 Å². The van der Waals surface area contributed by atoms with E-state index in [1.807, 2.05) is 0 Å². The molecule has 0 saturated heterocycles. The van der Waals surface area contributed by atoms with Crippen LogP contribution in [-0.4, -0.2) is 22.2 Å². The zero-order valence-electron chi connectivity index (χ0n) is 4.94. The second-order valence-electron chi connectivity index (χ2n) is 1.46. The summed E-state index contributed by atoms with van der Waals surface area (Å²) in [6.07, 6.45) is 0. The van der Waals surface area contributed by atoms with Gasteiger partial charge in [0.05, 0.1) is 0 Å². The Morgan fingerprint density at radius 2 is 2.00 bits per heavy atom. The molecule has 0 aliphatic heterocycles. The Morgan fingerprint density at radius 3 is 2.00 bits per heavy atom. The van der Waals surface area contributed by atoms with Crippen molar-refractivity contribution in [1.82, 2.24) is 5.12 Å². The van der Waals surface area contributed by atoms with Crippen molar-refractivity contribution in [3.05, 3.63) is 0 Å². The minimum absolute atomic E-state index is 0. The summed E-state index contributed by atoms with van der Waals surface area (Å²) in [5.74, 6) is 8.70. The summed E-state index contributed by atoms with van der Waals surface area (Å²) in [5.41, 5.74) is 0. The van der Waals surface area contributed by atoms with Gasteiger partial charge < -0.3 is 5.11 Å². The predicted octanol–water partition coefficient (Wildman–Crippen LogP) is -1.07. The molecule has 0 aromatic rings. The van der Waals surface area contributed by atoms with Crippen LogP contribution in [-0.2, 0) is 4.79 Å². The summed E-state index contributed by atoms with van der Waals surface area (Å²) >= 11 is 0. The number of hydrogen-bond acceptors (Lipinski definition) is 4. The van der Waals surface area contributed by atoms with Crippen molar-refractivity contribution in [2.45, 2.75) is 13.0 Å². The highest BCUT2D eigenvalue weighted by Crippen LogP contribution is 1.82. The summed E-state index contributed by atoms with van der Waals surface area (Å²) in [5, 5.41) is 8.79. The SMILES string of the molecule is C[C@@H](C(=O)O)N(N)N.Cl. The predicted molar refractivity (Wildman–Crippen MR) is 34.6 cm³/mol. The van der Waals surface area contributed by atoms with Crippen LogP contribution in [0.1, 0.15) is 6.92 Å². The second-order valence-corrected chi connectivity index (χ2v) is 1.46. The average Bonchev–Trinajstić information content (AvgIpc) is 1.64. The number of nitrogens with two attached hydrogens (primary N) is 2. The number of carboxylic acids is 1. The number of hydrazine groups is 2. The molecule has 0 aliphatic carbocycles. The minimum Gasteiger partial charge on any atom is -0.480 e. The van der Waals surface area contributed by atoms with Crippen molar-refractivity contribution >= 4 is 18.4 Å². The Hall–Kier alpha value is -0.360. The van der Waals surface area contributed by atoms with E-state index in [4.69, 9.17) is 16.8 Å². The third-order valence-corrected chi connectivity index (χ3v) is 0.805. The first kappa shape index (κ1) is 11.4. The van der Waals surface area contributed by atoms with Crippen molar-refractivity contribution in [1.29, 1.82) is 0 Å². The molecule has 0 aromatic carbocycles. The van der Waals surface area contributed by atoms with E-state index in [1.54, 1.807) is 0 Å². The van der Waals surface area contributed by atoms with Crippen molar-refractivity contribution in [2.24, 2.45) is 11.7 Å². The van der Waals surface area contributed by atoms with Gasteiger partial charge in [0.1, 0.15) is 6.04 Å². The monoisotopic (exact) mass is 155 g/mol. The number of nitrogens with zero attached hydrogens (tertiary/aromatic N) is 1. The molecule has 1 atom stereocenters. The average molecular weight is 156 g/mol. The van der Waals surface area contributed by atoms with E-state index >= 15 is 0 Å². The Morgan fingerprint density at radius 1 is 1.67 bits per heavy atom. The van der Waals surface area contributed by atoms with Gasteiger partial charge in [-0.3, -0.25) is 16.5 Å². The molecule has 0 fully saturated rings. The highest BCUT2D eigenvalue weighted by atomic mass is 35.5. The van der Waals surface area contributed by atoms with Crippen LogP contribution < -0.4 is 11.7 Å². The first-order valence-electron chi connectivity index (χ1n) is 2.07. The molecule has 9 heavy (non-hydrogen) atoms. The van der Waals surface area contributed by atoms with Gasteiger partial charge in [-0.2, -0.15) is 5.12 Å². The van der Waals surface area contributed by atoms with Crippen molar-refractivity contribution < 1.29 is 9.90 Å². The van der Waals surface area contributed by atoms with Crippen LogP contribution in [0.15, 0.2) is 0 Å². The van der Waals surface area contributed by atoms with Gasteiger partial charge in [-0.25, -0.2) is 0 Å². The van der Waals surface area contributed by atoms with E-state index in [-0.39, 0.29) is 12.4 Å². The molecule has 5 nitrogen and oxygen atoms in total. The minimum atomic E-state index is -1.03. The number of carboxylic acid groups (broad SMARTS) is 1. The van der Waals surface area contributed by atoms with Crippen LogP contribution in [0.3, 0.4) is 0 Å². The van der Waals surface area contributed by atoms with Gasteiger partial charge >= 0.3 is 5.97 Å². The first-order chi connectivity index (χ1) is 3.55. The van der Waals surface area contributed by atoms with Gasteiger partial charge in [-0.05, 0) is 6.92 Å². The molecular formula is C3H10ClN3O2. The fourth-order valence-electron chi connectivity index (χ4n) is 0.128. The highest BCUT2D eigenvalue weighted by Gasteiger charge is 2.12. The molecule has 0 radical (unpaired) electrons. The maximum atomic E-state index is 9.94. The fraction of sp³-hybridized carbons (Fsp3) is 0.667. The summed E-state index contributed by atoms with van der Waals surface area (Å²) in [6.45, 7) is 1.39. The molecule has 5 N–H and O–H groups in total. The molecule has 0 bridgehead atoms. The lowest BCUT2D eigenvalue weighted by molar-refractivity contribution is -0.142. The zero-order valence-corrected chi connectivity index (χ0v) is 5.76. The van der Waals surface area contributed by atoms with Crippen LogP contribution in [0.5, 0.6) is 0 Å². The molecule has 0 amide bonds. The quantitative estimate of drug-likeness (QED) is 0.349. The molecule has 0 aliphatic rings. The van der Waals surface area contributed by atoms with Crippen LogP contribution in [0, 0.1) is 0 Å². The normalized spacial score (nSPS) is 12.4. The van der Waals surface area contributed by atoms with Gasteiger partial charge in [0.15, 0.2) is 0 Å². The van der Waals surface area contributed by atoms with E-state index in [0.717, 1.165) is 0 Å². The van der Waals surface area contributed by atoms with E-state index in [2.05, 4.69) is 0 Å². The molecule has 0 heterocycles. The van der Waals surface area contributed by atoms with Gasteiger partial charge in [0.25, 0.3) is 0 Å². The number of aliphatic carboxylic acids is 1. The number of halogens is 1. The molecule has 6 heteroatoms. The van der Waals surface area contributed by atoms with Gasteiger partial charge in [0, 0.05) is 0 Å². The van der Waals surface area contributed by atoms with Crippen LogP contribution >= 0.6 is 12.4 Å². The van der Waals surface area contributed by atoms with Gasteiger partial charge in [0.2, 0.25) is 0 Å². The number of carbonyl (C=O) groups is 1. The fourth-order valence-corrected chi connectivity index (χ4v) is 0.128. The standard InChI is InChI=1S/C3H9N3O2.ClH/c1-2(3(7)8)6(4)5;/h2H,4-5H2,1H3,(H,7,8);1H/t2-;/m0./s1. The Kier molecular flexibility index (Phi) is 5.73. The summed E-state index contributed by atoms with van der Waals surface area (Å²) in [7, 11) is 0. The molecule has 56 valence electrons. The third kappa shape index (κ3) is 4.16. The van der Waals surface area contributed by atoms with Crippen molar-refractivity contribution in [2.75, 3.05) is 0 Å². The maximum Gasteiger partial charge on any atom is 0.323 e. The summed E-state index contributed by atoms with van der Waals surface area (Å²) < 4.78 is 0. The number of rotatable bonds is 2. The Bertz CT molecular complexity index is 97.1. The van der Waals surface area contributed by atoms with Crippen LogP contribution in [0.25, 0.3) is 0 Å². The molecule has 0 rings (SSSR count). The summed E-state index contributed by atoms with van der Waals surface area (Å²) in [4.78, 5) is 9.94. The Balaban J connectivity index is 0. The van der Waals surface area contributed by atoms with Crippen LogP contribution in [0.4, 0.5) is 0 Å². The molecule has 0 aromatic heterocycles. The number of hydrogen-bond donors (Lipinski definition) is 3. The molecule has 0 spiro atoms. The van der Waals surface area contributed by atoms with E-state index in [1.165, 1.54) is 6.92 Å². The summed E-state index contributed by atoms with van der Waals surface area (Å²) in [6, 6.07) is -0.824. The van der Waals surface area contributed by atoms with E-state index in [9.17, 15) is 4.79 Å². The molecule has 0 unspecified atom stereocenters. The van der Waals surface area contributed by atoms with Gasteiger partial charge in [-0.1, -0.05) is 0 Å². The van der Waals surface area contributed by atoms with Crippen molar-refractivity contribution in [3.8, 4) is 0 Å². The van der Waals surface area contributed by atoms with E-state index in [0.29, 0.717) is 5.12 Å². The highest BCUT2D eigenvalue weighted by molar-refractivity contribution is 5.85. The maximum absolute atomic E-state index is 9.94. The first-order valence-corrected chi connectivity index (χ1v) is 2.07. The third-order valence-electron chi connectivity index (χ3n) is 0.805. The van der Waals surface area contributed by atoms with Gasteiger partial charge in [-0.15, -0.1) is 12.4 Å². The lowest BCUT2D eigenvalue weighted by Gasteiger charge is -2.12. The topological polar surface area (TPSA) is 92.6 Å². The molecular weight excluding hydrogens is 146 g/mol.